The van der Waals surface area contributed by atoms with Crippen molar-refractivity contribution >= 4 is 51.5 Å². The second-order valence-electron chi connectivity index (χ2n) is 8.00. The van der Waals surface area contributed by atoms with Gasteiger partial charge in [-0.2, -0.15) is 0 Å². The topological polar surface area (TPSA) is 68.1 Å². The lowest BCUT2D eigenvalue weighted by atomic mass is 10.1. The van der Waals surface area contributed by atoms with E-state index in [0.29, 0.717) is 15.2 Å². The zero-order valence-electron chi connectivity index (χ0n) is 18.3. The van der Waals surface area contributed by atoms with Crippen LogP contribution < -0.4 is 4.90 Å². The molecule has 0 spiro atoms. The molecule has 9 heteroatoms. The van der Waals surface area contributed by atoms with Crippen molar-refractivity contribution in [2.75, 3.05) is 10.7 Å². The van der Waals surface area contributed by atoms with Gasteiger partial charge in [0.25, 0.3) is 0 Å². The van der Waals surface area contributed by atoms with Crippen molar-refractivity contribution in [3.63, 3.8) is 0 Å². The first-order chi connectivity index (χ1) is 15.3. The molecule has 32 heavy (non-hydrogen) atoms. The summed E-state index contributed by atoms with van der Waals surface area (Å²) in [5, 5.41) is 9.71. The summed E-state index contributed by atoms with van der Waals surface area (Å²) in [6.45, 7) is 6.39. The molecule has 6 nitrogen and oxygen atoms in total. The lowest BCUT2D eigenvalue weighted by Crippen LogP contribution is -2.30. The molecule has 1 amide bonds. The van der Waals surface area contributed by atoms with Gasteiger partial charge in [-0.15, -0.1) is 10.2 Å². The first kappa shape index (κ1) is 23.0. The van der Waals surface area contributed by atoms with Crippen molar-refractivity contribution in [3.8, 4) is 0 Å². The third-order valence-corrected chi connectivity index (χ3v) is 7.90. The molecule has 1 aliphatic rings. The Morgan fingerprint density at radius 2 is 1.94 bits per heavy atom. The maximum atomic E-state index is 12.9. The molecular weight excluding hydrogens is 464 g/mol. The number of ketones is 1. The molecule has 0 saturated heterocycles. The number of anilines is 1. The van der Waals surface area contributed by atoms with Crippen LogP contribution in [-0.2, 0) is 17.8 Å². The number of hydrogen-bond donors (Lipinski definition) is 0. The lowest BCUT2D eigenvalue weighted by Gasteiger charge is -2.15. The summed E-state index contributed by atoms with van der Waals surface area (Å²) in [5.41, 5.74) is 4.02. The van der Waals surface area contributed by atoms with E-state index >= 15 is 0 Å². The Morgan fingerprint density at radius 1 is 1.22 bits per heavy atom. The van der Waals surface area contributed by atoms with E-state index in [1.165, 1.54) is 28.7 Å². The van der Waals surface area contributed by atoms with E-state index in [1.807, 2.05) is 44.2 Å². The van der Waals surface area contributed by atoms with Crippen LogP contribution in [0.25, 0.3) is 0 Å². The first-order valence-corrected chi connectivity index (χ1v) is 12.7. The summed E-state index contributed by atoms with van der Waals surface area (Å²) in [4.78, 5) is 26.6. The van der Waals surface area contributed by atoms with Gasteiger partial charge in [0.15, 0.2) is 10.1 Å². The predicted octanol–water partition coefficient (Wildman–Crippen LogP) is 5.34. The minimum absolute atomic E-state index is 0.0117. The average Bonchev–Trinajstić information content (AvgIpc) is 3.40. The molecule has 2 heterocycles. The fourth-order valence-electron chi connectivity index (χ4n) is 3.76. The standard InChI is InChI=1S/C23H25ClN4O2S2/c1-14-12-20(15(2)27(14)11-10-17-4-6-18(24)7-5-17)21(30)13-31-23-26-25-22(32-23)28(16(3)29)19-8-9-19/h4-7,12,19H,8-11,13H2,1-3H3. The van der Waals surface area contributed by atoms with Crippen LogP contribution in [0.1, 0.15) is 47.1 Å². The van der Waals surface area contributed by atoms with E-state index in [2.05, 4.69) is 14.8 Å². The maximum Gasteiger partial charge on any atom is 0.225 e. The fraction of sp³-hybridized carbons (Fsp3) is 0.391. The van der Waals surface area contributed by atoms with Gasteiger partial charge in [0.1, 0.15) is 0 Å². The monoisotopic (exact) mass is 488 g/mol. The van der Waals surface area contributed by atoms with Crippen LogP contribution in [0.3, 0.4) is 0 Å². The highest BCUT2D eigenvalue weighted by Gasteiger charge is 2.34. The zero-order valence-corrected chi connectivity index (χ0v) is 20.7. The first-order valence-electron chi connectivity index (χ1n) is 10.5. The molecule has 0 unspecified atom stereocenters. The van der Waals surface area contributed by atoms with Gasteiger partial charge < -0.3 is 4.57 Å². The largest absolute Gasteiger partial charge is 0.348 e. The molecule has 168 valence electrons. The number of aromatic nitrogens is 3. The summed E-state index contributed by atoms with van der Waals surface area (Å²) in [5.74, 6) is 0.352. The minimum atomic E-state index is -0.0117. The van der Waals surface area contributed by atoms with Gasteiger partial charge in [-0.1, -0.05) is 46.8 Å². The summed E-state index contributed by atoms with van der Waals surface area (Å²) in [7, 11) is 0. The quantitative estimate of drug-likeness (QED) is 0.231. The number of rotatable bonds is 9. The zero-order chi connectivity index (χ0) is 22.8. The summed E-state index contributed by atoms with van der Waals surface area (Å²) >= 11 is 8.72. The number of halogens is 1. The van der Waals surface area contributed by atoms with Crippen LogP contribution in [0.2, 0.25) is 5.02 Å². The number of carbonyl (C=O) groups excluding carboxylic acids is 2. The van der Waals surface area contributed by atoms with E-state index in [-0.39, 0.29) is 17.7 Å². The molecule has 1 saturated carbocycles. The van der Waals surface area contributed by atoms with E-state index in [9.17, 15) is 9.59 Å². The molecule has 1 fully saturated rings. The number of amides is 1. The molecule has 0 N–H and O–H groups in total. The SMILES string of the molecule is CC(=O)N(c1nnc(SCC(=O)c2cc(C)n(CCc3ccc(Cl)cc3)c2C)s1)C1CC1. The van der Waals surface area contributed by atoms with Crippen molar-refractivity contribution in [2.45, 2.75) is 57.0 Å². The van der Waals surface area contributed by atoms with Gasteiger partial charge in [-0.25, -0.2) is 0 Å². The molecular formula is C23H25ClN4O2S2. The smallest absolute Gasteiger partial charge is 0.225 e. The number of aryl methyl sites for hydroxylation is 2. The van der Waals surface area contributed by atoms with Crippen LogP contribution in [0.5, 0.6) is 0 Å². The number of thioether (sulfide) groups is 1. The Hall–Kier alpha value is -2.16. The fourth-order valence-corrected chi connectivity index (χ4v) is 5.73. The average molecular weight is 489 g/mol. The number of nitrogens with zero attached hydrogens (tertiary/aromatic N) is 4. The molecule has 1 aliphatic carbocycles. The predicted molar refractivity (Wildman–Crippen MR) is 130 cm³/mol. The van der Waals surface area contributed by atoms with E-state index in [0.717, 1.165) is 47.8 Å². The van der Waals surface area contributed by atoms with E-state index in [4.69, 9.17) is 11.6 Å². The normalized spacial score (nSPS) is 13.4. The van der Waals surface area contributed by atoms with Gasteiger partial charge in [0.2, 0.25) is 11.0 Å². The molecule has 2 aromatic heterocycles. The van der Waals surface area contributed by atoms with Gasteiger partial charge in [0.05, 0.1) is 5.75 Å². The Morgan fingerprint density at radius 3 is 2.59 bits per heavy atom. The minimum Gasteiger partial charge on any atom is -0.348 e. The molecule has 1 aromatic carbocycles. The summed E-state index contributed by atoms with van der Waals surface area (Å²) in [6, 6.07) is 10.1. The van der Waals surface area contributed by atoms with Crippen LogP contribution >= 0.6 is 34.7 Å². The highest BCUT2D eigenvalue weighted by Crippen LogP contribution is 2.36. The number of carbonyl (C=O) groups is 2. The number of benzene rings is 1. The second kappa shape index (κ2) is 9.77. The third kappa shape index (κ3) is 5.24. The second-order valence-corrected chi connectivity index (χ2v) is 10.6. The number of Topliss-reactive ketones (excluding diaryl/α,β-unsaturated/α-hetero) is 1. The van der Waals surface area contributed by atoms with Crippen LogP contribution in [0.4, 0.5) is 5.13 Å². The molecule has 0 aliphatic heterocycles. The van der Waals surface area contributed by atoms with Crippen molar-refractivity contribution in [3.05, 3.63) is 57.9 Å². The van der Waals surface area contributed by atoms with Gasteiger partial charge >= 0.3 is 0 Å². The molecule has 0 bridgehead atoms. The Bertz CT molecular complexity index is 1140. The van der Waals surface area contributed by atoms with Crippen LogP contribution in [0, 0.1) is 13.8 Å². The highest BCUT2D eigenvalue weighted by atomic mass is 35.5. The summed E-state index contributed by atoms with van der Waals surface area (Å²) < 4.78 is 2.90. The van der Waals surface area contributed by atoms with E-state index in [1.54, 1.807) is 11.8 Å². The van der Waals surface area contributed by atoms with Gasteiger partial charge in [-0.3, -0.25) is 14.5 Å². The molecule has 0 radical (unpaired) electrons. The molecule has 3 aromatic rings. The van der Waals surface area contributed by atoms with Gasteiger partial charge in [-0.05, 0) is 56.9 Å². The van der Waals surface area contributed by atoms with Crippen LogP contribution in [0.15, 0.2) is 34.7 Å². The molecule has 0 atom stereocenters. The van der Waals surface area contributed by atoms with Gasteiger partial charge in [0, 0.05) is 41.5 Å². The Kier molecular flexibility index (Phi) is 7.02. The maximum absolute atomic E-state index is 12.9. The third-order valence-electron chi connectivity index (χ3n) is 5.59. The van der Waals surface area contributed by atoms with Crippen molar-refractivity contribution in [2.24, 2.45) is 0 Å². The Labute approximate surface area is 201 Å². The van der Waals surface area contributed by atoms with Crippen LogP contribution in [-0.4, -0.2) is 38.2 Å². The highest BCUT2D eigenvalue weighted by molar-refractivity contribution is 8.01. The summed E-state index contributed by atoms with van der Waals surface area (Å²) in [6.07, 6.45) is 2.89. The van der Waals surface area contributed by atoms with Crippen molar-refractivity contribution in [1.29, 1.82) is 0 Å². The van der Waals surface area contributed by atoms with Crippen molar-refractivity contribution < 1.29 is 9.59 Å². The lowest BCUT2D eigenvalue weighted by molar-refractivity contribution is -0.116. The molecule has 4 rings (SSSR count). The van der Waals surface area contributed by atoms with Crippen molar-refractivity contribution in [1.82, 2.24) is 14.8 Å². The Balaban J connectivity index is 1.38. The van der Waals surface area contributed by atoms with E-state index < -0.39 is 0 Å². The number of hydrogen-bond acceptors (Lipinski definition) is 6.